The van der Waals surface area contributed by atoms with Gasteiger partial charge in [-0.3, -0.25) is 0 Å². The summed E-state index contributed by atoms with van der Waals surface area (Å²) in [6.07, 6.45) is 0. The average molecular weight is 285 g/mol. The lowest BCUT2D eigenvalue weighted by Gasteiger charge is -2.06. The Bertz CT molecular complexity index is 626. The molecular weight excluding hydrogens is 278 g/mol. The molecule has 18 heavy (non-hydrogen) atoms. The van der Waals surface area contributed by atoms with E-state index in [-0.39, 0.29) is 15.6 Å². The molecule has 1 N–H and O–H groups in total. The molecule has 2 aromatic carbocycles. The van der Waals surface area contributed by atoms with Crippen LogP contribution in [0.5, 0.6) is 0 Å². The maximum Gasteiger partial charge on any atom is 0.335 e. The predicted octanol–water partition coefficient (Wildman–Crippen LogP) is 4.50. The van der Waals surface area contributed by atoms with E-state index in [1.54, 1.807) is 6.07 Å². The van der Waals surface area contributed by atoms with Crippen molar-refractivity contribution in [2.24, 2.45) is 0 Å². The van der Waals surface area contributed by atoms with Crippen molar-refractivity contribution in [2.45, 2.75) is 0 Å². The molecule has 0 heterocycles. The number of carboxylic acid groups (broad SMARTS) is 1. The van der Waals surface area contributed by atoms with E-state index in [0.717, 1.165) is 0 Å². The molecule has 0 atom stereocenters. The van der Waals surface area contributed by atoms with E-state index in [1.165, 1.54) is 30.3 Å². The normalized spacial score (nSPS) is 10.4. The first-order valence-corrected chi connectivity index (χ1v) is 5.73. The Labute approximate surface area is 113 Å². The van der Waals surface area contributed by atoms with Crippen LogP contribution in [0.1, 0.15) is 10.4 Å². The summed E-state index contributed by atoms with van der Waals surface area (Å²) in [6, 6.07) is 8.55. The van der Waals surface area contributed by atoms with Crippen LogP contribution in [0.15, 0.2) is 36.4 Å². The van der Waals surface area contributed by atoms with Gasteiger partial charge in [0.2, 0.25) is 0 Å². The fourth-order valence-electron chi connectivity index (χ4n) is 1.55. The number of carboxylic acids is 1. The number of halogens is 3. The van der Waals surface area contributed by atoms with Crippen LogP contribution in [0.25, 0.3) is 11.1 Å². The molecule has 0 unspecified atom stereocenters. The topological polar surface area (TPSA) is 37.3 Å². The third-order valence-corrected chi connectivity index (χ3v) is 3.05. The van der Waals surface area contributed by atoms with Crippen molar-refractivity contribution in [3.8, 4) is 11.1 Å². The molecule has 0 fully saturated rings. The second kappa shape index (κ2) is 4.96. The van der Waals surface area contributed by atoms with Gasteiger partial charge in [-0.25, -0.2) is 9.18 Å². The summed E-state index contributed by atoms with van der Waals surface area (Å²) in [5, 5.41) is 9.09. The van der Waals surface area contributed by atoms with Crippen LogP contribution < -0.4 is 0 Å². The van der Waals surface area contributed by atoms with Crippen LogP contribution in [-0.4, -0.2) is 11.1 Å². The van der Waals surface area contributed by atoms with E-state index < -0.39 is 11.8 Å². The number of hydrogen-bond donors (Lipinski definition) is 1. The maximum atomic E-state index is 13.0. The molecule has 0 aromatic heterocycles. The smallest absolute Gasteiger partial charge is 0.335 e. The summed E-state index contributed by atoms with van der Waals surface area (Å²) >= 11 is 11.7. The van der Waals surface area contributed by atoms with Crippen LogP contribution in [0.4, 0.5) is 4.39 Å². The molecule has 5 heteroatoms. The molecule has 2 nitrogen and oxygen atoms in total. The third kappa shape index (κ3) is 2.47. The van der Waals surface area contributed by atoms with E-state index in [2.05, 4.69) is 0 Å². The summed E-state index contributed by atoms with van der Waals surface area (Å²) in [5.41, 5.74) is 1.32. The molecule has 0 saturated carbocycles. The van der Waals surface area contributed by atoms with Crippen LogP contribution in [-0.2, 0) is 0 Å². The van der Waals surface area contributed by atoms with Gasteiger partial charge in [0.15, 0.2) is 0 Å². The minimum atomic E-state index is -1.06. The lowest BCUT2D eigenvalue weighted by atomic mass is 10.0. The second-order valence-electron chi connectivity index (χ2n) is 3.63. The van der Waals surface area contributed by atoms with Crippen molar-refractivity contribution in [3.63, 3.8) is 0 Å². The van der Waals surface area contributed by atoms with E-state index in [0.29, 0.717) is 11.1 Å². The highest BCUT2D eigenvalue weighted by atomic mass is 35.5. The molecule has 0 aliphatic carbocycles. The van der Waals surface area contributed by atoms with E-state index in [4.69, 9.17) is 28.3 Å². The van der Waals surface area contributed by atoms with Crippen LogP contribution in [0, 0.1) is 5.82 Å². The van der Waals surface area contributed by atoms with Crippen molar-refractivity contribution in [3.05, 3.63) is 57.8 Å². The average Bonchev–Trinajstić information content (AvgIpc) is 2.32. The van der Waals surface area contributed by atoms with Gasteiger partial charge >= 0.3 is 5.97 Å². The first-order chi connectivity index (χ1) is 8.49. The standard InChI is InChI=1S/C13H7Cl2FO2/c14-10-6-8(13(17)18)1-3-9(10)7-2-4-12(16)11(15)5-7/h1-6H,(H,17,18). The zero-order chi connectivity index (χ0) is 13.3. The van der Waals surface area contributed by atoms with Gasteiger partial charge in [-0.05, 0) is 29.8 Å². The Balaban J connectivity index is 2.51. The van der Waals surface area contributed by atoms with Crippen molar-refractivity contribution >= 4 is 29.2 Å². The first-order valence-electron chi connectivity index (χ1n) is 4.97. The van der Waals surface area contributed by atoms with Crippen molar-refractivity contribution in [1.29, 1.82) is 0 Å². The fourth-order valence-corrected chi connectivity index (χ4v) is 2.02. The predicted molar refractivity (Wildman–Crippen MR) is 68.8 cm³/mol. The number of carbonyl (C=O) groups is 1. The molecule has 0 amide bonds. The van der Waals surface area contributed by atoms with Gasteiger partial charge in [-0.1, -0.05) is 35.3 Å². The lowest BCUT2D eigenvalue weighted by molar-refractivity contribution is 0.0697. The Morgan fingerprint density at radius 3 is 2.33 bits per heavy atom. The summed E-state index contributed by atoms with van der Waals surface area (Å²) in [7, 11) is 0. The van der Waals surface area contributed by atoms with Gasteiger partial charge in [0, 0.05) is 10.6 Å². The van der Waals surface area contributed by atoms with E-state index in [9.17, 15) is 9.18 Å². The molecule has 92 valence electrons. The van der Waals surface area contributed by atoms with Crippen molar-refractivity contribution in [1.82, 2.24) is 0 Å². The molecule has 0 aliphatic rings. The number of benzene rings is 2. The van der Waals surface area contributed by atoms with Gasteiger partial charge in [-0.15, -0.1) is 0 Å². The van der Waals surface area contributed by atoms with Gasteiger partial charge in [0.05, 0.1) is 10.6 Å². The number of aromatic carboxylic acids is 1. The van der Waals surface area contributed by atoms with Crippen molar-refractivity contribution in [2.75, 3.05) is 0 Å². The Kier molecular flexibility index (Phi) is 3.55. The molecule has 2 rings (SSSR count). The summed E-state index contributed by atoms with van der Waals surface area (Å²) in [5.74, 6) is -1.57. The summed E-state index contributed by atoms with van der Waals surface area (Å²) in [4.78, 5) is 10.8. The van der Waals surface area contributed by atoms with Crippen molar-refractivity contribution < 1.29 is 14.3 Å². The van der Waals surface area contributed by atoms with Gasteiger partial charge in [-0.2, -0.15) is 0 Å². The Morgan fingerprint density at radius 1 is 1.06 bits per heavy atom. The van der Waals surface area contributed by atoms with Crippen LogP contribution >= 0.6 is 23.2 Å². The molecular formula is C13H7Cl2FO2. The largest absolute Gasteiger partial charge is 0.478 e. The highest BCUT2D eigenvalue weighted by molar-refractivity contribution is 6.34. The summed E-state index contributed by atoms with van der Waals surface area (Å²) in [6.45, 7) is 0. The second-order valence-corrected chi connectivity index (χ2v) is 4.44. The minimum Gasteiger partial charge on any atom is -0.478 e. The Hall–Kier alpha value is -1.58. The van der Waals surface area contributed by atoms with E-state index in [1.807, 2.05) is 0 Å². The molecule has 0 saturated heterocycles. The molecule has 0 spiro atoms. The van der Waals surface area contributed by atoms with Crippen LogP contribution in [0.2, 0.25) is 10.0 Å². The molecule has 0 bridgehead atoms. The minimum absolute atomic E-state index is 0.00845. The van der Waals surface area contributed by atoms with Gasteiger partial charge in [0.25, 0.3) is 0 Å². The highest BCUT2D eigenvalue weighted by Crippen LogP contribution is 2.31. The summed E-state index contributed by atoms with van der Waals surface area (Å²) < 4.78 is 13.0. The zero-order valence-corrected chi connectivity index (χ0v) is 10.5. The zero-order valence-electron chi connectivity index (χ0n) is 8.95. The monoisotopic (exact) mass is 284 g/mol. The quantitative estimate of drug-likeness (QED) is 0.882. The maximum absolute atomic E-state index is 13.0. The van der Waals surface area contributed by atoms with Gasteiger partial charge < -0.3 is 5.11 Å². The van der Waals surface area contributed by atoms with Gasteiger partial charge in [0.1, 0.15) is 5.82 Å². The third-order valence-electron chi connectivity index (χ3n) is 2.45. The molecule has 2 aromatic rings. The molecule has 0 aliphatic heterocycles. The lowest BCUT2D eigenvalue weighted by Crippen LogP contribution is -1.96. The molecule has 0 radical (unpaired) electrons. The Morgan fingerprint density at radius 2 is 1.78 bits per heavy atom. The number of hydrogen-bond acceptors (Lipinski definition) is 1. The highest BCUT2D eigenvalue weighted by Gasteiger charge is 2.10. The van der Waals surface area contributed by atoms with E-state index >= 15 is 0 Å². The first kappa shape index (κ1) is 12.9. The SMILES string of the molecule is O=C(O)c1ccc(-c2ccc(F)c(Cl)c2)c(Cl)c1. The van der Waals surface area contributed by atoms with Crippen LogP contribution in [0.3, 0.4) is 0 Å². The fraction of sp³-hybridized carbons (Fsp3) is 0. The number of rotatable bonds is 2.